The molecule has 0 aliphatic rings. The molecule has 0 radical (unpaired) electrons. The minimum atomic E-state index is -1.61. The number of nitrogens with zero attached hydrogens (tertiary/aromatic N) is 3. The van der Waals surface area contributed by atoms with Gasteiger partial charge in [-0.3, -0.25) is 0 Å². The Kier molecular flexibility index (Phi) is 12.7. The summed E-state index contributed by atoms with van der Waals surface area (Å²) in [6.07, 6.45) is 11.7. The second-order valence-corrected chi connectivity index (χ2v) is 7.82. The Morgan fingerprint density at radius 1 is 0.455 bits per heavy atom. The number of hydrogen-bond donors (Lipinski definition) is 0. The van der Waals surface area contributed by atoms with Crippen LogP contribution in [0.15, 0.2) is 75.9 Å². The zero-order valence-electron chi connectivity index (χ0n) is 13.9. The summed E-state index contributed by atoms with van der Waals surface area (Å²) >= 11 is 0. The minimum absolute atomic E-state index is 0.832. The molecule has 22 heavy (non-hydrogen) atoms. The van der Waals surface area contributed by atoms with Crippen molar-refractivity contribution in [2.75, 3.05) is 39.3 Å². The van der Waals surface area contributed by atoms with E-state index in [4.69, 9.17) is 0 Å². The number of rotatable bonds is 15. The molecule has 0 aromatic rings. The average molecular weight is 321 g/mol. The van der Waals surface area contributed by atoms with Crippen molar-refractivity contribution < 1.29 is 0 Å². The molecule has 0 amide bonds. The van der Waals surface area contributed by atoms with Gasteiger partial charge in [0, 0.05) is 0 Å². The first-order chi connectivity index (χ1) is 10.7. The van der Waals surface area contributed by atoms with Gasteiger partial charge >= 0.3 is 138 Å². The average Bonchev–Trinajstić information content (AvgIpc) is 2.49. The summed E-state index contributed by atoms with van der Waals surface area (Å²) in [6.45, 7) is 28.4. The van der Waals surface area contributed by atoms with Crippen molar-refractivity contribution in [3.05, 3.63) is 75.9 Å². The van der Waals surface area contributed by atoms with E-state index in [1.165, 1.54) is 0 Å². The molecular weight excluding hydrogens is 289 g/mol. The van der Waals surface area contributed by atoms with Crippen LogP contribution in [0.1, 0.15) is 0 Å². The fourth-order valence-electron chi connectivity index (χ4n) is 2.48. The van der Waals surface area contributed by atoms with E-state index in [-0.39, 0.29) is 0 Å². The first-order valence-electron chi connectivity index (χ1n) is 7.57. The zero-order valence-corrected chi connectivity index (χ0v) is 15.0. The van der Waals surface area contributed by atoms with Crippen LogP contribution in [0.25, 0.3) is 0 Å². The quantitative estimate of drug-likeness (QED) is 0.336. The van der Waals surface area contributed by atoms with E-state index in [1.807, 2.05) is 36.5 Å². The summed E-state index contributed by atoms with van der Waals surface area (Å²) in [4.78, 5) is 0. The summed E-state index contributed by atoms with van der Waals surface area (Å²) in [5.74, 6) is 0. The Bertz CT molecular complexity index is 291. The van der Waals surface area contributed by atoms with Gasteiger partial charge in [-0.05, 0) is 0 Å². The van der Waals surface area contributed by atoms with E-state index >= 15 is 0 Å². The van der Waals surface area contributed by atoms with Crippen molar-refractivity contribution in [2.24, 2.45) is 0 Å². The van der Waals surface area contributed by atoms with Crippen molar-refractivity contribution in [2.45, 2.75) is 0 Å². The van der Waals surface area contributed by atoms with Crippen molar-refractivity contribution in [1.82, 2.24) is 14.0 Å². The van der Waals surface area contributed by atoms with Crippen LogP contribution in [0, 0.1) is 0 Å². The molecule has 0 saturated heterocycles. The van der Waals surface area contributed by atoms with Crippen LogP contribution in [-0.4, -0.2) is 53.3 Å². The molecule has 0 fully saturated rings. The van der Waals surface area contributed by atoms with Gasteiger partial charge in [-0.15, -0.1) is 0 Å². The van der Waals surface area contributed by atoms with Crippen molar-refractivity contribution in [3.8, 4) is 0 Å². The summed E-state index contributed by atoms with van der Waals surface area (Å²) in [5, 5.41) is 0. The van der Waals surface area contributed by atoms with E-state index < -0.39 is 8.37 Å². The van der Waals surface area contributed by atoms with Crippen LogP contribution >= 0.6 is 8.37 Å². The first kappa shape index (κ1) is 20.8. The summed E-state index contributed by atoms with van der Waals surface area (Å²) < 4.78 is 7.33. The molecule has 0 rings (SSSR count). The van der Waals surface area contributed by atoms with Gasteiger partial charge < -0.3 is 0 Å². The molecule has 0 unspecified atom stereocenters. The summed E-state index contributed by atoms with van der Waals surface area (Å²) in [5.41, 5.74) is 0. The molecule has 0 aromatic heterocycles. The second kappa shape index (κ2) is 13.4. The van der Waals surface area contributed by atoms with Gasteiger partial charge in [0.2, 0.25) is 0 Å². The maximum absolute atomic E-state index is 3.90. The molecule has 0 spiro atoms. The van der Waals surface area contributed by atoms with E-state index in [9.17, 15) is 0 Å². The Morgan fingerprint density at radius 3 is 0.773 bits per heavy atom. The van der Waals surface area contributed by atoms with E-state index in [0.717, 1.165) is 39.3 Å². The molecule has 124 valence electrons. The predicted molar refractivity (Wildman–Crippen MR) is 106 cm³/mol. The molecular formula is C18H32N3P. The molecule has 0 heterocycles. The molecule has 0 aliphatic heterocycles. The molecule has 0 aromatic carbocycles. The van der Waals surface area contributed by atoms with Gasteiger partial charge in [-0.2, -0.15) is 0 Å². The van der Waals surface area contributed by atoms with Gasteiger partial charge in [-0.25, -0.2) is 0 Å². The van der Waals surface area contributed by atoms with Gasteiger partial charge in [0.25, 0.3) is 0 Å². The fraction of sp³-hybridized carbons (Fsp3) is 0.333. The van der Waals surface area contributed by atoms with Crippen molar-refractivity contribution >= 4 is 8.37 Å². The summed E-state index contributed by atoms with van der Waals surface area (Å²) in [7, 11) is -1.61. The van der Waals surface area contributed by atoms with Crippen molar-refractivity contribution in [3.63, 3.8) is 0 Å². The second-order valence-electron chi connectivity index (χ2n) is 4.94. The van der Waals surface area contributed by atoms with Gasteiger partial charge in [0.05, 0.1) is 0 Å². The molecule has 0 N–H and O–H groups in total. The number of hydrogen-bond acceptors (Lipinski definition) is 3. The third-order valence-corrected chi connectivity index (χ3v) is 6.39. The molecule has 0 saturated carbocycles. The van der Waals surface area contributed by atoms with Crippen LogP contribution in [0.4, 0.5) is 0 Å². The van der Waals surface area contributed by atoms with E-state index in [0.29, 0.717) is 0 Å². The molecule has 3 nitrogen and oxygen atoms in total. The third kappa shape index (κ3) is 7.15. The van der Waals surface area contributed by atoms with E-state index in [2.05, 4.69) is 53.5 Å². The predicted octanol–water partition coefficient (Wildman–Crippen LogP) is 3.70. The maximum atomic E-state index is 3.90. The molecule has 0 bridgehead atoms. The topological polar surface area (TPSA) is 9.72 Å². The van der Waals surface area contributed by atoms with E-state index in [1.54, 1.807) is 0 Å². The van der Waals surface area contributed by atoms with Crippen LogP contribution in [0.2, 0.25) is 0 Å². The summed E-state index contributed by atoms with van der Waals surface area (Å²) in [6, 6.07) is 0. The zero-order chi connectivity index (χ0) is 16.8. The first-order valence-corrected chi connectivity index (χ1v) is 9.12. The fourth-order valence-corrected chi connectivity index (χ4v) is 5.89. The third-order valence-electron chi connectivity index (χ3n) is 3.16. The molecule has 0 atom stereocenters. The van der Waals surface area contributed by atoms with Gasteiger partial charge in [0.15, 0.2) is 0 Å². The molecule has 0 aliphatic carbocycles. The van der Waals surface area contributed by atoms with Crippen LogP contribution < -0.4 is 0 Å². The monoisotopic (exact) mass is 321 g/mol. The normalized spacial score (nSPS) is 11.3. The Morgan fingerprint density at radius 2 is 0.636 bits per heavy atom. The molecule has 4 heteroatoms. The van der Waals surface area contributed by atoms with Gasteiger partial charge in [-0.1, -0.05) is 0 Å². The van der Waals surface area contributed by atoms with Crippen LogP contribution in [0.3, 0.4) is 0 Å². The van der Waals surface area contributed by atoms with Gasteiger partial charge in [0.1, 0.15) is 0 Å². The Balaban J connectivity index is 5.61. The Hall–Kier alpha value is -1.25. The van der Waals surface area contributed by atoms with Crippen LogP contribution in [0.5, 0.6) is 0 Å². The standard InChI is InChI=1S/C18H32N3P/c1-7-13-19(14-8-2)22(20(15-9-3)16-10-4)21(17-11-5)18-12-6/h7-12H,1-6,13-18,22H2. The SMILES string of the molecule is C=CCN(CC=C)[PH2](N(CC=C)CC=C)N(CC=C)CC=C. The van der Waals surface area contributed by atoms with Crippen molar-refractivity contribution in [1.29, 1.82) is 0 Å². The Labute approximate surface area is 138 Å². The van der Waals surface area contributed by atoms with Crippen LogP contribution in [-0.2, 0) is 0 Å².